The SMILES string of the molecule is CCCC(CI)C(CC)C/C=C/C1CCCCC1. The summed E-state index contributed by atoms with van der Waals surface area (Å²) in [4.78, 5) is 0. The summed E-state index contributed by atoms with van der Waals surface area (Å²) in [7, 11) is 0. The second-order valence-corrected chi connectivity index (χ2v) is 6.81. The lowest BCUT2D eigenvalue weighted by molar-refractivity contribution is 0.336. The van der Waals surface area contributed by atoms with Crippen LogP contribution in [-0.4, -0.2) is 4.43 Å². The molecule has 0 aromatic carbocycles. The molecule has 0 nitrogen and oxygen atoms in total. The molecule has 2 unspecified atom stereocenters. The maximum atomic E-state index is 2.58. The van der Waals surface area contributed by atoms with Crippen LogP contribution in [0.15, 0.2) is 12.2 Å². The molecule has 0 spiro atoms. The van der Waals surface area contributed by atoms with E-state index >= 15 is 0 Å². The van der Waals surface area contributed by atoms with Crippen LogP contribution >= 0.6 is 22.6 Å². The van der Waals surface area contributed by atoms with Crippen LogP contribution in [0.1, 0.15) is 71.6 Å². The fourth-order valence-electron chi connectivity index (χ4n) is 3.27. The molecule has 0 N–H and O–H groups in total. The van der Waals surface area contributed by atoms with Gasteiger partial charge in [0.1, 0.15) is 0 Å². The molecule has 0 radical (unpaired) electrons. The molecule has 1 heteroatoms. The Balaban J connectivity index is 2.34. The Morgan fingerprint density at radius 1 is 1.11 bits per heavy atom. The first-order valence-electron chi connectivity index (χ1n) is 8.04. The predicted molar refractivity (Wildman–Crippen MR) is 91.4 cm³/mol. The average molecular weight is 362 g/mol. The molecule has 2 atom stereocenters. The Kier molecular flexibility index (Phi) is 9.44. The summed E-state index contributed by atoms with van der Waals surface area (Å²) in [6.07, 6.45) is 17.7. The van der Waals surface area contributed by atoms with E-state index in [0.717, 1.165) is 17.8 Å². The quantitative estimate of drug-likeness (QED) is 0.267. The van der Waals surface area contributed by atoms with Crippen LogP contribution in [0, 0.1) is 17.8 Å². The molecule has 0 bridgehead atoms. The van der Waals surface area contributed by atoms with E-state index in [1.165, 1.54) is 62.2 Å². The summed E-state index contributed by atoms with van der Waals surface area (Å²) in [6, 6.07) is 0. The first kappa shape index (κ1) is 16.5. The van der Waals surface area contributed by atoms with E-state index in [4.69, 9.17) is 0 Å². The van der Waals surface area contributed by atoms with Gasteiger partial charge in [-0.2, -0.15) is 0 Å². The smallest absolute Gasteiger partial charge is 0.00264 e. The van der Waals surface area contributed by atoms with Crippen LogP contribution in [0.25, 0.3) is 0 Å². The van der Waals surface area contributed by atoms with Crippen molar-refractivity contribution in [3.8, 4) is 0 Å². The zero-order valence-corrected chi connectivity index (χ0v) is 14.5. The summed E-state index contributed by atoms with van der Waals surface area (Å²) < 4.78 is 1.33. The van der Waals surface area contributed by atoms with Crippen molar-refractivity contribution >= 4 is 22.6 Å². The highest BCUT2D eigenvalue weighted by molar-refractivity contribution is 14.1. The average Bonchev–Trinajstić information content (AvgIpc) is 2.43. The lowest BCUT2D eigenvalue weighted by Gasteiger charge is -2.23. The van der Waals surface area contributed by atoms with E-state index < -0.39 is 0 Å². The fraction of sp³-hybridized carbons (Fsp3) is 0.882. The van der Waals surface area contributed by atoms with Gasteiger partial charge in [-0.25, -0.2) is 0 Å². The maximum absolute atomic E-state index is 2.58. The highest BCUT2D eigenvalue weighted by Crippen LogP contribution is 2.28. The summed E-state index contributed by atoms with van der Waals surface area (Å²) in [5, 5.41) is 0. The molecule has 0 saturated heterocycles. The van der Waals surface area contributed by atoms with Gasteiger partial charge in [0.15, 0.2) is 0 Å². The van der Waals surface area contributed by atoms with Gasteiger partial charge in [-0.1, -0.05) is 80.7 Å². The lowest BCUT2D eigenvalue weighted by Crippen LogP contribution is -2.15. The van der Waals surface area contributed by atoms with E-state index in [9.17, 15) is 0 Å². The van der Waals surface area contributed by atoms with E-state index in [0.29, 0.717) is 0 Å². The van der Waals surface area contributed by atoms with Gasteiger partial charge in [0.25, 0.3) is 0 Å². The van der Waals surface area contributed by atoms with Crippen molar-refractivity contribution in [2.75, 3.05) is 4.43 Å². The highest BCUT2D eigenvalue weighted by Gasteiger charge is 2.17. The third-order valence-electron chi connectivity index (χ3n) is 4.55. The minimum absolute atomic E-state index is 0.903. The molecule has 1 fully saturated rings. The number of hydrogen-bond acceptors (Lipinski definition) is 0. The number of alkyl halides is 1. The van der Waals surface area contributed by atoms with Gasteiger partial charge >= 0.3 is 0 Å². The number of halogens is 1. The zero-order chi connectivity index (χ0) is 13.2. The summed E-state index contributed by atoms with van der Waals surface area (Å²) in [5.41, 5.74) is 0. The molecule has 18 heavy (non-hydrogen) atoms. The van der Waals surface area contributed by atoms with Crippen molar-refractivity contribution in [3.05, 3.63) is 12.2 Å². The van der Waals surface area contributed by atoms with Gasteiger partial charge in [0.05, 0.1) is 0 Å². The Bertz CT molecular complexity index is 216. The highest BCUT2D eigenvalue weighted by atomic mass is 127. The van der Waals surface area contributed by atoms with Gasteiger partial charge in [0.2, 0.25) is 0 Å². The summed E-state index contributed by atoms with van der Waals surface area (Å²) in [6.45, 7) is 4.69. The molecular formula is C17H31I. The van der Waals surface area contributed by atoms with Crippen molar-refractivity contribution in [1.29, 1.82) is 0 Å². The maximum Gasteiger partial charge on any atom is 0.00264 e. The molecule has 106 valence electrons. The number of allylic oxidation sites excluding steroid dienone is 2. The van der Waals surface area contributed by atoms with Crippen LogP contribution in [0.3, 0.4) is 0 Å². The molecular weight excluding hydrogens is 331 g/mol. The molecule has 1 aliphatic rings. The monoisotopic (exact) mass is 362 g/mol. The first-order chi connectivity index (χ1) is 8.81. The van der Waals surface area contributed by atoms with Crippen molar-refractivity contribution < 1.29 is 0 Å². The van der Waals surface area contributed by atoms with Gasteiger partial charge < -0.3 is 0 Å². The van der Waals surface area contributed by atoms with Crippen LogP contribution in [0.5, 0.6) is 0 Å². The Morgan fingerprint density at radius 3 is 2.39 bits per heavy atom. The zero-order valence-electron chi connectivity index (χ0n) is 12.3. The van der Waals surface area contributed by atoms with Crippen molar-refractivity contribution in [1.82, 2.24) is 0 Å². The van der Waals surface area contributed by atoms with E-state index in [1.54, 1.807) is 0 Å². The van der Waals surface area contributed by atoms with Gasteiger partial charge in [-0.3, -0.25) is 0 Å². The minimum atomic E-state index is 0.903. The minimum Gasteiger partial charge on any atom is -0.0880 e. The molecule has 0 aromatic rings. The van der Waals surface area contributed by atoms with Crippen molar-refractivity contribution in [2.24, 2.45) is 17.8 Å². The van der Waals surface area contributed by atoms with Crippen LogP contribution < -0.4 is 0 Å². The van der Waals surface area contributed by atoms with Gasteiger partial charge in [-0.15, -0.1) is 0 Å². The van der Waals surface area contributed by atoms with E-state index in [-0.39, 0.29) is 0 Å². The second kappa shape index (κ2) is 10.3. The van der Waals surface area contributed by atoms with E-state index in [2.05, 4.69) is 48.6 Å². The Morgan fingerprint density at radius 2 is 1.83 bits per heavy atom. The molecule has 0 amide bonds. The lowest BCUT2D eigenvalue weighted by atomic mass is 9.84. The van der Waals surface area contributed by atoms with Crippen LogP contribution in [-0.2, 0) is 0 Å². The van der Waals surface area contributed by atoms with Crippen LogP contribution in [0.4, 0.5) is 0 Å². The van der Waals surface area contributed by atoms with Gasteiger partial charge in [0, 0.05) is 4.43 Å². The number of rotatable bonds is 8. The standard InChI is InChI=1S/C17H31I/c1-3-9-17(14-18)16(4-2)13-8-12-15-10-6-5-7-11-15/h8,12,15-17H,3-7,9-11,13-14H2,1-2H3/b12-8+. The molecule has 0 heterocycles. The van der Waals surface area contributed by atoms with Gasteiger partial charge in [-0.05, 0) is 43.4 Å². The van der Waals surface area contributed by atoms with E-state index in [1.807, 2.05) is 0 Å². The third kappa shape index (κ3) is 6.08. The summed E-state index contributed by atoms with van der Waals surface area (Å²) in [5.74, 6) is 2.76. The largest absolute Gasteiger partial charge is 0.0880 e. The first-order valence-corrected chi connectivity index (χ1v) is 9.56. The predicted octanol–water partition coefficient (Wildman–Crippen LogP) is 6.39. The topological polar surface area (TPSA) is 0 Å². The molecule has 0 aromatic heterocycles. The van der Waals surface area contributed by atoms with Crippen molar-refractivity contribution in [2.45, 2.75) is 71.6 Å². The normalized spacial score (nSPS) is 21.3. The van der Waals surface area contributed by atoms with Crippen molar-refractivity contribution in [3.63, 3.8) is 0 Å². The molecule has 1 aliphatic carbocycles. The summed E-state index contributed by atoms with van der Waals surface area (Å²) >= 11 is 2.58. The fourth-order valence-corrected chi connectivity index (χ4v) is 4.43. The molecule has 1 saturated carbocycles. The Hall–Kier alpha value is 0.470. The molecule has 1 rings (SSSR count). The Labute approximate surface area is 128 Å². The second-order valence-electron chi connectivity index (χ2n) is 5.93. The third-order valence-corrected chi connectivity index (χ3v) is 5.68. The van der Waals surface area contributed by atoms with Crippen LogP contribution in [0.2, 0.25) is 0 Å². The molecule has 0 aliphatic heterocycles. The number of hydrogen-bond donors (Lipinski definition) is 0.